The molecule has 0 atom stereocenters. The van der Waals surface area contributed by atoms with E-state index in [-0.39, 0.29) is 22.2 Å². The summed E-state index contributed by atoms with van der Waals surface area (Å²) in [4.78, 5) is 0. The first kappa shape index (κ1) is 14.8. The van der Waals surface area contributed by atoms with E-state index in [2.05, 4.69) is 15.5 Å². The van der Waals surface area contributed by atoms with Gasteiger partial charge < -0.3 is 5.32 Å². The lowest BCUT2D eigenvalue weighted by Crippen LogP contribution is -2.06. The normalized spacial score (nSPS) is 11.4. The quantitative estimate of drug-likeness (QED) is 0.691. The van der Waals surface area contributed by atoms with Crippen molar-refractivity contribution in [3.8, 4) is 6.07 Å². The lowest BCUT2D eigenvalue weighted by molar-refractivity contribution is -0.136. The molecule has 0 radical (unpaired) electrons. The Morgan fingerprint density at radius 3 is 2.65 bits per heavy atom. The highest BCUT2D eigenvalue weighted by atomic mass is 19.4. The molecule has 0 spiro atoms. The molecule has 0 saturated heterocycles. The van der Waals surface area contributed by atoms with Gasteiger partial charge in [0.1, 0.15) is 5.82 Å². The number of hydrogen-bond acceptors (Lipinski definition) is 3. The molecule has 116 valence electrons. The maximum Gasteiger partial charge on any atom is 0.418 e. The zero-order valence-corrected chi connectivity index (χ0v) is 11.4. The first-order chi connectivity index (χ1) is 10.9. The number of halogens is 4. The van der Waals surface area contributed by atoms with E-state index in [1.807, 2.05) is 6.07 Å². The van der Waals surface area contributed by atoms with Gasteiger partial charge in [-0.1, -0.05) is 0 Å². The van der Waals surface area contributed by atoms with E-state index < -0.39 is 17.6 Å². The maximum absolute atomic E-state index is 13.4. The molecule has 4 nitrogen and oxygen atoms in total. The number of aromatic nitrogens is 2. The zero-order chi connectivity index (χ0) is 16.6. The van der Waals surface area contributed by atoms with E-state index in [0.717, 1.165) is 18.2 Å². The molecule has 0 aliphatic carbocycles. The van der Waals surface area contributed by atoms with Gasteiger partial charge in [0.2, 0.25) is 0 Å². The molecule has 0 aliphatic heterocycles. The van der Waals surface area contributed by atoms with Gasteiger partial charge in [0.25, 0.3) is 0 Å². The molecule has 0 fully saturated rings. The standard InChI is InChI=1S/C15H8F4N4/c16-9-3-8(6-20)4-10(5-9)22-13-2-1-12(15(17,18)19)14-11(13)7-21-23-14/h1-5,7,22H,(H,21,23). The second-order valence-corrected chi connectivity index (χ2v) is 4.78. The Morgan fingerprint density at radius 1 is 1.17 bits per heavy atom. The number of alkyl halides is 3. The third-order valence-electron chi connectivity index (χ3n) is 3.23. The Hall–Kier alpha value is -3.08. The van der Waals surface area contributed by atoms with Crippen LogP contribution < -0.4 is 5.32 Å². The Morgan fingerprint density at radius 2 is 1.96 bits per heavy atom. The molecule has 1 heterocycles. The van der Waals surface area contributed by atoms with Crippen LogP contribution in [0.1, 0.15) is 11.1 Å². The third-order valence-corrected chi connectivity index (χ3v) is 3.23. The molecular formula is C15H8F4N4. The van der Waals surface area contributed by atoms with Crippen molar-refractivity contribution < 1.29 is 17.6 Å². The molecule has 2 aromatic carbocycles. The van der Waals surface area contributed by atoms with Crippen LogP contribution in [0.5, 0.6) is 0 Å². The summed E-state index contributed by atoms with van der Waals surface area (Å²) in [5.74, 6) is -0.623. The van der Waals surface area contributed by atoms with Gasteiger partial charge in [0.05, 0.1) is 28.9 Å². The van der Waals surface area contributed by atoms with Crippen molar-refractivity contribution >= 4 is 22.3 Å². The second kappa shape index (κ2) is 5.28. The topological polar surface area (TPSA) is 64.5 Å². The van der Waals surface area contributed by atoms with E-state index in [1.54, 1.807) is 0 Å². The molecule has 0 aliphatic rings. The minimum absolute atomic E-state index is 0.0999. The SMILES string of the molecule is N#Cc1cc(F)cc(Nc2ccc(C(F)(F)F)c3[nH]ncc23)c1. The van der Waals surface area contributed by atoms with Crippen molar-refractivity contribution in [1.29, 1.82) is 5.26 Å². The minimum Gasteiger partial charge on any atom is -0.355 e. The average Bonchev–Trinajstić information content (AvgIpc) is 2.95. The number of H-pyrrole nitrogens is 1. The van der Waals surface area contributed by atoms with Crippen molar-refractivity contribution in [2.75, 3.05) is 5.32 Å². The molecule has 2 N–H and O–H groups in total. The minimum atomic E-state index is -4.52. The molecular weight excluding hydrogens is 312 g/mol. The van der Waals surface area contributed by atoms with Crippen LogP contribution in [0.2, 0.25) is 0 Å². The van der Waals surface area contributed by atoms with Crippen molar-refractivity contribution in [2.45, 2.75) is 6.18 Å². The Labute approximate surface area is 127 Å². The largest absolute Gasteiger partial charge is 0.418 e. The number of aromatic amines is 1. The average molecular weight is 320 g/mol. The van der Waals surface area contributed by atoms with Gasteiger partial charge in [-0.25, -0.2) is 4.39 Å². The van der Waals surface area contributed by atoms with Crippen LogP contribution in [0.25, 0.3) is 10.9 Å². The Kier molecular flexibility index (Phi) is 3.41. The smallest absolute Gasteiger partial charge is 0.355 e. The number of nitrogens with one attached hydrogen (secondary N) is 2. The van der Waals surface area contributed by atoms with Gasteiger partial charge in [-0.05, 0) is 30.3 Å². The van der Waals surface area contributed by atoms with Gasteiger partial charge in [-0.3, -0.25) is 5.10 Å². The van der Waals surface area contributed by atoms with Crippen LogP contribution in [0.15, 0.2) is 36.5 Å². The Balaban J connectivity index is 2.07. The van der Waals surface area contributed by atoms with Gasteiger partial charge in [0, 0.05) is 16.8 Å². The van der Waals surface area contributed by atoms with E-state index >= 15 is 0 Å². The molecule has 3 rings (SSSR count). The molecule has 8 heteroatoms. The highest BCUT2D eigenvalue weighted by Crippen LogP contribution is 2.37. The molecule has 0 saturated carbocycles. The number of nitriles is 1. The number of rotatable bonds is 2. The Bertz CT molecular complexity index is 921. The van der Waals surface area contributed by atoms with E-state index in [4.69, 9.17) is 5.26 Å². The van der Waals surface area contributed by atoms with Crippen molar-refractivity contribution in [3.63, 3.8) is 0 Å². The summed E-state index contributed by atoms with van der Waals surface area (Å²) in [5.41, 5.74) is -0.338. The maximum atomic E-state index is 13.4. The molecule has 23 heavy (non-hydrogen) atoms. The molecule has 1 aromatic heterocycles. The number of benzene rings is 2. The molecule has 0 bridgehead atoms. The van der Waals surface area contributed by atoms with E-state index in [1.165, 1.54) is 18.3 Å². The van der Waals surface area contributed by atoms with Crippen molar-refractivity contribution in [2.24, 2.45) is 0 Å². The van der Waals surface area contributed by atoms with Gasteiger partial charge in [0.15, 0.2) is 0 Å². The fraction of sp³-hybridized carbons (Fsp3) is 0.0667. The monoisotopic (exact) mass is 320 g/mol. The van der Waals surface area contributed by atoms with Crippen LogP contribution >= 0.6 is 0 Å². The van der Waals surface area contributed by atoms with Gasteiger partial charge >= 0.3 is 6.18 Å². The zero-order valence-electron chi connectivity index (χ0n) is 11.4. The summed E-state index contributed by atoms with van der Waals surface area (Å²) in [6, 6.07) is 7.55. The van der Waals surface area contributed by atoms with Crippen LogP contribution in [0, 0.1) is 17.1 Å². The van der Waals surface area contributed by atoms with Gasteiger partial charge in [-0.15, -0.1) is 0 Å². The fourth-order valence-corrected chi connectivity index (χ4v) is 2.26. The van der Waals surface area contributed by atoms with Gasteiger partial charge in [-0.2, -0.15) is 23.5 Å². The molecule has 3 aromatic rings. The van der Waals surface area contributed by atoms with Crippen molar-refractivity contribution in [3.05, 3.63) is 53.5 Å². The lowest BCUT2D eigenvalue weighted by atomic mass is 10.1. The number of hydrogen-bond donors (Lipinski definition) is 2. The van der Waals surface area contributed by atoms with Crippen LogP contribution in [0.4, 0.5) is 28.9 Å². The summed E-state index contributed by atoms with van der Waals surface area (Å²) >= 11 is 0. The number of nitrogens with zero attached hydrogens (tertiary/aromatic N) is 2. The lowest BCUT2D eigenvalue weighted by Gasteiger charge is -2.12. The predicted molar refractivity (Wildman–Crippen MR) is 75.5 cm³/mol. The summed E-state index contributed by atoms with van der Waals surface area (Å²) in [6.45, 7) is 0. The van der Waals surface area contributed by atoms with Crippen LogP contribution in [-0.2, 0) is 6.18 Å². The van der Waals surface area contributed by atoms with E-state index in [0.29, 0.717) is 5.69 Å². The molecule has 0 amide bonds. The summed E-state index contributed by atoms with van der Waals surface area (Å²) in [7, 11) is 0. The number of anilines is 2. The van der Waals surface area contributed by atoms with Crippen LogP contribution in [0.3, 0.4) is 0 Å². The summed E-state index contributed by atoms with van der Waals surface area (Å²) in [6.07, 6.45) is -3.27. The fourth-order valence-electron chi connectivity index (χ4n) is 2.26. The highest BCUT2D eigenvalue weighted by Gasteiger charge is 2.33. The van der Waals surface area contributed by atoms with Crippen molar-refractivity contribution in [1.82, 2.24) is 10.2 Å². The first-order valence-corrected chi connectivity index (χ1v) is 6.39. The highest BCUT2D eigenvalue weighted by molar-refractivity contribution is 5.95. The summed E-state index contributed by atoms with van der Waals surface area (Å²) < 4.78 is 52.3. The van der Waals surface area contributed by atoms with Crippen LogP contribution in [-0.4, -0.2) is 10.2 Å². The third kappa shape index (κ3) is 2.81. The summed E-state index contributed by atoms with van der Waals surface area (Å²) in [5, 5.41) is 17.8. The predicted octanol–water partition coefficient (Wildman–Crippen LogP) is 4.34. The second-order valence-electron chi connectivity index (χ2n) is 4.78. The van der Waals surface area contributed by atoms with E-state index in [9.17, 15) is 17.6 Å². The number of fused-ring (bicyclic) bond motifs is 1. The molecule has 0 unspecified atom stereocenters. The first-order valence-electron chi connectivity index (χ1n) is 6.39.